The summed E-state index contributed by atoms with van der Waals surface area (Å²) in [5.74, 6) is -1.88. The fourth-order valence-corrected chi connectivity index (χ4v) is 5.61. The third-order valence-electron chi connectivity index (χ3n) is 5.65. The molecule has 2 aromatic heterocycles. The van der Waals surface area contributed by atoms with E-state index in [1.54, 1.807) is 5.38 Å². The quantitative estimate of drug-likeness (QED) is 0.191. The number of carbonyl (C=O) groups is 3. The lowest BCUT2D eigenvalue weighted by Gasteiger charge is -2.49. The molecule has 14 heteroatoms. The van der Waals surface area contributed by atoms with Crippen LogP contribution in [0.15, 0.2) is 40.3 Å². The standard InChI is InChI=1S/C20H21N7O5S2/c1-25-5-2-6-26(25)7-10-8-33-18-14(17(29)27(18)15(10)19(30)31)23-16(28)13(24-32-11-3-4-11)12-9-34-20(21)22-12/h2,5-6,9,11,14,18H,3-4,7-8H2,1H3,(H3-,21,22,23,28,30,31)/p+1/t14-,18-/m1/s1. The zero-order chi connectivity index (χ0) is 24.0. The van der Waals surface area contributed by atoms with Gasteiger partial charge in [0.05, 0.1) is 6.20 Å². The summed E-state index contributed by atoms with van der Waals surface area (Å²) in [5, 5.41) is 17.8. The number of nitrogens with one attached hydrogen (secondary N) is 1. The number of rotatable bonds is 8. The van der Waals surface area contributed by atoms with Crippen molar-refractivity contribution < 1.29 is 29.0 Å². The molecule has 0 bridgehead atoms. The van der Waals surface area contributed by atoms with E-state index in [9.17, 15) is 19.5 Å². The summed E-state index contributed by atoms with van der Waals surface area (Å²) in [6, 6.07) is 0.959. The molecule has 4 N–H and O–H groups in total. The van der Waals surface area contributed by atoms with Crippen molar-refractivity contribution >= 4 is 51.7 Å². The van der Waals surface area contributed by atoms with Crippen LogP contribution in [0, 0.1) is 0 Å². The molecule has 1 saturated heterocycles. The van der Waals surface area contributed by atoms with Crippen molar-refractivity contribution in [1.82, 2.24) is 19.9 Å². The van der Waals surface area contributed by atoms with Crippen LogP contribution >= 0.6 is 23.1 Å². The normalized spacial score (nSPS) is 22.3. The highest BCUT2D eigenvalue weighted by atomic mass is 32.2. The molecule has 2 amide bonds. The van der Waals surface area contributed by atoms with E-state index in [-0.39, 0.29) is 28.3 Å². The zero-order valence-electron chi connectivity index (χ0n) is 18.1. The minimum Gasteiger partial charge on any atom is -0.477 e. The summed E-state index contributed by atoms with van der Waals surface area (Å²) in [5.41, 5.74) is 6.48. The van der Waals surface area contributed by atoms with E-state index in [0.717, 1.165) is 24.2 Å². The van der Waals surface area contributed by atoms with Gasteiger partial charge in [0, 0.05) is 17.2 Å². The third-order valence-corrected chi connectivity index (χ3v) is 7.67. The van der Waals surface area contributed by atoms with Crippen molar-refractivity contribution in [2.24, 2.45) is 12.2 Å². The largest absolute Gasteiger partial charge is 0.477 e. The van der Waals surface area contributed by atoms with Gasteiger partial charge < -0.3 is 21.0 Å². The van der Waals surface area contributed by atoms with Gasteiger partial charge in [0.15, 0.2) is 24.1 Å². The number of fused-ring (bicyclic) bond motifs is 1. The molecule has 0 spiro atoms. The number of hydrogen-bond acceptors (Lipinski definition) is 9. The second-order valence-corrected chi connectivity index (χ2v) is 10.1. The van der Waals surface area contributed by atoms with Crippen molar-refractivity contribution in [3.8, 4) is 0 Å². The van der Waals surface area contributed by atoms with E-state index in [1.807, 2.05) is 34.9 Å². The Kier molecular flexibility index (Phi) is 5.77. The molecule has 4 heterocycles. The van der Waals surface area contributed by atoms with E-state index in [2.05, 4.69) is 15.5 Å². The highest BCUT2D eigenvalue weighted by Gasteiger charge is 2.54. The maximum atomic E-state index is 13.0. The number of amides is 2. The van der Waals surface area contributed by atoms with Gasteiger partial charge in [-0.2, -0.15) is 4.68 Å². The summed E-state index contributed by atoms with van der Waals surface area (Å²) >= 11 is 2.56. The number of anilines is 1. The Balaban J connectivity index is 1.34. The van der Waals surface area contributed by atoms with Gasteiger partial charge in [0.1, 0.15) is 35.5 Å². The Morgan fingerprint density at radius 3 is 2.85 bits per heavy atom. The molecule has 3 aliphatic rings. The Bertz CT molecular complexity index is 1230. The number of carbonyl (C=O) groups excluding carboxylic acids is 2. The second kappa shape index (κ2) is 8.76. The SMILES string of the molecule is C[n+]1cccn1CC1=C(C(=O)O)N2C(=O)[C@@H](NC(=O)C(=NOC3CC3)c3csc(N)n3)[C@H]2SC1. The Morgan fingerprint density at radius 1 is 1.44 bits per heavy atom. The molecule has 5 rings (SSSR count). The Labute approximate surface area is 202 Å². The predicted molar refractivity (Wildman–Crippen MR) is 122 cm³/mol. The van der Waals surface area contributed by atoms with Gasteiger partial charge in [-0.1, -0.05) is 5.16 Å². The van der Waals surface area contributed by atoms with Crippen LogP contribution in [0.1, 0.15) is 18.5 Å². The van der Waals surface area contributed by atoms with Gasteiger partial charge in [-0.15, -0.1) is 27.8 Å². The first-order valence-corrected chi connectivity index (χ1v) is 12.4. The van der Waals surface area contributed by atoms with Gasteiger partial charge in [-0.05, 0) is 18.4 Å². The van der Waals surface area contributed by atoms with Crippen molar-refractivity contribution in [3.05, 3.63) is 40.8 Å². The lowest BCUT2D eigenvalue weighted by Crippen LogP contribution is -2.71. The Hall–Kier alpha value is -3.39. The number of nitrogens with zero attached hydrogens (tertiary/aromatic N) is 5. The van der Waals surface area contributed by atoms with Gasteiger partial charge in [0.2, 0.25) is 0 Å². The molecule has 1 aliphatic carbocycles. The van der Waals surface area contributed by atoms with Crippen LogP contribution in [0.2, 0.25) is 0 Å². The average Bonchev–Trinajstić information content (AvgIpc) is 3.40. The topological polar surface area (TPSA) is 156 Å². The first kappa shape index (κ1) is 22.4. The second-order valence-electron chi connectivity index (χ2n) is 8.10. The number of carboxylic acids is 1. The number of thioether (sulfide) groups is 1. The molecule has 178 valence electrons. The van der Waals surface area contributed by atoms with E-state index < -0.39 is 29.2 Å². The fourth-order valence-electron chi connectivity index (χ4n) is 3.73. The van der Waals surface area contributed by atoms with Crippen LogP contribution in [-0.4, -0.2) is 66.4 Å². The van der Waals surface area contributed by atoms with Crippen LogP contribution in [0.3, 0.4) is 0 Å². The number of nitrogens with two attached hydrogens (primary N) is 1. The number of hydrogen-bond donors (Lipinski definition) is 3. The number of aromatic nitrogens is 3. The molecule has 12 nitrogen and oxygen atoms in total. The number of aryl methyl sites for hydroxylation is 1. The molecule has 2 atom stereocenters. The van der Waals surface area contributed by atoms with E-state index in [0.29, 0.717) is 17.9 Å². The predicted octanol–water partition coefficient (Wildman–Crippen LogP) is -0.327. The molecular formula is C20H22N7O5S2+. The maximum Gasteiger partial charge on any atom is 0.352 e. The molecule has 0 unspecified atom stereocenters. The Morgan fingerprint density at radius 2 is 2.24 bits per heavy atom. The molecule has 2 aliphatic heterocycles. The fraction of sp³-hybridized carbons (Fsp3) is 0.400. The van der Waals surface area contributed by atoms with Crippen LogP contribution in [-0.2, 0) is 32.8 Å². The van der Waals surface area contributed by atoms with Crippen LogP contribution in [0.5, 0.6) is 0 Å². The van der Waals surface area contributed by atoms with Crippen LogP contribution < -0.4 is 15.7 Å². The maximum absolute atomic E-state index is 13.0. The number of nitrogen functional groups attached to an aromatic ring is 1. The van der Waals surface area contributed by atoms with Crippen LogP contribution in [0.25, 0.3) is 0 Å². The molecular weight excluding hydrogens is 482 g/mol. The molecule has 0 aromatic carbocycles. The smallest absolute Gasteiger partial charge is 0.352 e. The zero-order valence-corrected chi connectivity index (χ0v) is 19.7. The summed E-state index contributed by atoms with van der Waals surface area (Å²) in [4.78, 5) is 48.8. The number of oxime groups is 1. The minimum absolute atomic E-state index is 0.0303. The lowest BCUT2D eigenvalue weighted by atomic mass is 10.0. The van der Waals surface area contributed by atoms with Crippen LogP contribution in [0.4, 0.5) is 5.13 Å². The van der Waals surface area contributed by atoms with Gasteiger partial charge in [-0.25, -0.2) is 9.78 Å². The minimum atomic E-state index is -1.17. The van der Waals surface area contributed by atoms with E-state index in [4.69, 9.17) is 10.6 Å². The monoisotopic (exact) mass is 504 g/mol. The number of β-lactam (4-membered cyclic amide) rings is 1. The lowest BCUT2D eigenvalue weighted by molar-refractivity contribution is -0.752. The van der Waals surface area contributed by atoms with E-state index in [1.165, 1.54) is 16.7 Å². The first-order chi connectivity index (χ1) is 16.3. The molecule has 2 fully saturated rings. The highest BCUT2D eigenvalue weighted by Crippen LogP contribution is 2.40. The summed E-state index contributed by atoms with van der Waals surface area (Å²) < 4.78 is 3.69. The third kappa shape index (κ3) is 4.14. The van der Waals surface area contributed by atoms with Crippen molar-refractivity contribution in [1.29, 1.82) is 0 Å². The summed E-state index contributed by atoms with van der Waals surface area (Å²) in [7, 11) is 1.85. The molecule has 0 radical (unpaired) electrons. The van der Waals surface area contributed by atoms with Gasteiger partial charge in [0.25, 0.3) is 11.8 Å². The van der Waals surface area contributed by atoms with E-state index >= 15 is 0 Å². The number of thiazole rings is 1. The summed E-state index contributed by atoms with van der Waals surface area (Å²) in [6.07, 6.45) is 5.37. The van der Waals surface area contributed by atoms with Crippen molar-refractivity contribution in [3.63, 3.8) is 0 Å². The van der Waals surface area contributed by atoms with Gasteiger partial charge in [-0.3, -0.25) is 14.5 Å². The van der Waals surface area contributed by atoms with Crippen molar-refractivity contribution in [2.75, 3.05) is 11.5 Å². The molecule has 2 aromatic rings. The number of carboxylic acid groups (broad SMARTS) is 1. The first-order valence-electron chi connectivity index (χ1n) is 10.5. The van der Waals surface area contributed by atoms with Crippen molar-refractivity contribution in [2.45, 2.75) is 36.9 Å². The molecule has 34 heavy (non-hydrogen) atoms. The number of aliphatic carboxylic acids is 1. The molecule has 1 saturated carbocycles. The van der Waals surface area contributed by atoms with Gasteiger partial charge >= 0.3 is 5.97 Å². The highest BCUT2D eigenvalue weighted by molar-refractivity contribution is 8.00. The average molecular weight is 505 g/mol. The summed E-state index contributed by atoms with van der Waals surface area (Å²) in [6.45, 7) is 0.340.